The lowest BCUT2D eigenvalue weighted by Crippen LogP contribution is -2.27. The van der Waals surface area contributed by atoms with E-state index in [1.807, 2.05) is 0 Å². The lowest BCUT2D eigenvalue weighted by atomic mass is 10.2. The summed E-state index contributed by atoms with van der Waals surface area (Å²) in [5.41, 5.74) is 0.0992. The van der Waals surface area contributed by atoms with E-state index >= 15 is 0 Å². The third-order valence-electron chi connectivity index (χ3n) is 2.12. The summed E-state index contributed by atoms with van der Waals surface area (Å²) in [5, 5.41) is 2.76. The zero-order valence-corrected chi connectivity index (χ0v) is 12.7. The van der Waals surface area contributed by atoms with Crippen molar-refractivity contribution >= 4 is 29.4 Å². The predicted octanol–water partition coefficient (Wildman–Crippen LogP) is 3.86. The Balaban J connectivity index is 2.79. The molecule has 0 aliphatic rings. The van der Waals surface area contributed by atoms with Gasteiger partial charge in [0.15, 0.2) is 0 Å². The minimum absolute atomic E-state index is 0.237. The number of carbonyl (C=O) groups excluding carboxylic acids is 2. The first kappa shape index (κ1) is 16.3. The highest BCUT2D eigenvalue weighted by molar-refractivity contribution is 6.34. The molecular formula is C14H18ClNO4. The molecule has 0 radical (unpaired) electrons. The van der Waals surface area contributed by atoms with Crippen LogP contribution in [0.4, 0.5) is 10.5 Å². The zero-order valence-electron chi connectivity index (χ0n) is 12.0. The van der Waals surface area contributed by atoms with Crippen molar-refractivity contribution in [3.05, 3.63) is 28.8 Å². The van der Waals surface area contributed by atoms with Gasteiger partial charge in [0.25, 0.3) is 0 Å². The van der Waals surface area contributed by atoms with Crippen molar-refractivity contribution in [2.45, 2.75) is 33.3 Å². The van der Waals surface area contributed by atoms with Crippen LogP contribution < -0.4 is 5.32 Å². The van der Waals surface area contributed by atoms with Gasteiger partial charge in [0.2, 0.25) is 0 Å². The first-order valence-corrected chi connectivity index (χ1v) is 6.57. The molecule has 0 heterocycles. The number of ether oxygens (including phenoxy) is 2. The summed E-state index contributed by atoms with van der Waals surface area (Å²) in [7, 11) is 0. The van der Waals surface area contributed by atoms with Crippen molar-refractivity contribution in [3.63, 3.8) is 0 Å². The third-order valence-corrected chi connectivity index (χ3v) is 2.43. The average molecular weight is 300 g/mol. The molecule has 1 N–H and O–H groups in total. The highest BCUT2D eigenvalue weighted by atomic mass is 35.5. The maximum Gasteiger partial charge on any atom is 0.412 e. The maximum atomic E-state index is 11.6. The molecule has 0 aliphatic carbocycles. The van der Waals surface area contributed by atoms with Crippen molar-refractivity contribution in [1.82, 2.24) is 0 Å². The van der Waals surface area contributed by atoms with Crippen molar-refractivity contribution in [2.24, 2.45) is 0 Å². The van der Waals surface area contributed by atoms with E-state index in [1.54, 1.807) is 27.7 Å². The quantitative estimate of drug-likeness (QED) is 0.861. The molecule has 0 aromatic heterocycles. The van der Waals surface area contributed by atoms with Gasteiger partial charge in [-0.05, 0) is 45.9 Å². The van der Waals surface area contributed by atoms with Gasteiger partial charge in [-0.3, -0.25) is 5.32 Å². The fraction of sp³-hybridized carbons (Fsp3) is 0.429. The van der Waals surface area contributed by atoms with E-state index in [1.165, 1.54) is 18.2 Å². The Morgan fingerprint density at radius 1 is 1.30 bits per heavy atom. The molecule has 6 heteroatoms. The Bertz CT molecular complexity index is 508. The van der Waals surface area contributed by atoms with E-state index in [9.17, 15) is 9.59 Å². The summed E-state index contributed by atoms with van der Waals surface area (Å²) >= 11 is 6.01. The number of hydrogen-bond acceptors (Lipinski definition) is 4. The van der Waals surface area contributed by atoms with Crippen LogP contribution in [0.25, 0.3) is 0 Å². The maximum absolute atomic E-state index is 11.6. The molecule has 20 heavy (non-hydrogen) atoms. The summed E-state index contributed by atoms with van der Waals surface area (Å²) in [5.74, 6) is -0.460. The summed E-state index contributed by atoms with van der Waals surface area (Å²) in [6, 6.07) is 4.49. The average Bonchev–Trinajstić information content (AvgIpc) is 2.29. The minimum Gasteiger partial charge on any atom is -0.462 e. The van der Waals surface area contributed by atoms with E-state index < -0.39 is 17.7 Å². The summed E-state index contributed by atoms with van der Waals surface area (Å²) in [6.45, 7) is 7.29. The van der Waals surface area contributed by atoms with Crippen LogP contribution in [-0.4, -0.2) is 24.3 Å². The monoisotopic (exact) mass is 299 g/mol. The molecule has 0 atom stereocenters. The predicted molar refractivity (Wildman–Crippen MR) is 77.3 cm³/mol. The highest BCUT2D eigenvalue weighted by Gasteiger charge is 2.17. The van der Waals surface area contributed by atoms with Gasteiger partial charge in [0, 0.05) is 0 Å². The number of benzene rings is 1. The number of hydrogen-bond donors (Lipinski definition) is 1. The fourth-order valence-corrected chi connectivity index (χ4v) is 1.60. The first-order chi connectivity index (χ1) is 9.23. The van der Waals surface area contributed by atoms with Crippen LogP contribution in [0.5, 0.6) is 0 Å². The van der Waals surface area contributed by atoms with Gasteiger partial charge in [0.05, 0.1) is 22.9 Å². The molecule has 5 nitrogen and oxygen atoms in total. The van der Waals surface area contributed by atoms with Crippen LogP contribution in [-0.2, 0) is 9.47 Å². The third kappa shape index (κ3) is 5.09. The first-order valence-electron chi connectivity index (χ1n) is 6.19. The fourth-order valence-electron chi connectivity index (χ4n) is 1.37. The zero-order chi connectivity index (χ0) is 15.3. The lowest BCUT2D eigenvalue weighted by molar-refractivity contribution is 0.0525. The van der Waals surface area contributed by atoms with E-state index in [-0.39, 0.29) is 11.6 Å². The molecule has 1 rings (SSSR count). The van der Waals surface area contributed by atoms with Gasteiger partial charge in [0.1, 0.15) is 5.60 Å². The highest BCUT2D eigenvalue weighted by Crippen LogP contribution is 2.24. The standard InChI is InChI=1S/C14H18ClNO4/c1-5-19-12(17)9-6-7-11(10(15)8-9)16-13(18)20-14(2,3)4/h6-8H,5H2,1-4H3,(H,16,18). The van der Waals surface area contributed by atoms with E-state index in [0.29, 0.717) is 11.3 Å². The Morgan fingerprint density at radius 3 is 2.45 bits per heavy atom. The van der Waals surface area contributed by atoms with E-state index in [2.05, 4.69) is 5.32 Å². The van der Waals surface area contributed by atoms with Crippen LogP contribution in [0.2, 0.25) is 5.02 Å². The van der Waals surface area contributed by atoms with Crippen LogP contribution in [0.15, 0.2) is 18.2 Å². The largest absolute Gasteiger partial charge is 0.462 e. The molecule has 0 bridgehead atoms. The van der Waals surface area contributed by atoms with Crippen molar-refractivity contribution < 1.29 is 19.1 Å². The lowest BCUT2D eigenvalue weighted by Gasteiger charge is -2.20. The molecule has 0 saturated carbocycles. The molecule has 0 unspecified atom stereocenters. The minimum atomic E-state index is -0.608. The van der Waals surface area contributed by atoms with Gasteiger partial charge >= 0.3 is 12.1 Å². The second-order valence-electron chi connectivity index (χ2n) is 5.04. The number of esters is 1. The molecule has 1 amide bonds. The van der Waals surface area contributed by atoms with Crippen LogP contribution in [0.3, 0.4) is 0 Å². The Morgan fingerprint density at radius 2 is 1.95 bits per heavy atom. The number of amides is 1. The summed E-state index contributed by atoms with van der Waals surface area (Å²) in [6.07, 6.45) is -0.608. The van der Waals surface area contributed by atoms with Gasteiger partial charge in [-0.2, -0.15) is 0 Å². The molecular weight excluding hydrogens is 282 g/mol. The molecule has 0 saturated heterocycles. The Hall–Kier alpha value is -1.75. The summed E-state index contributed by atoms with van der Waals surface area (Å²) in [4.78, 5) is 23.1. The van der Waals surface area contributed by atoms with Crippen LogP contribution >= 0.6 is 11.6 Å². The normalized spacial score (nSPS) is 10.8. The molecule has 110 valence electrons. The molecule has 0 spiro atoms. The van der Waals surface area contributed by atoms with Gasteiger partial charge < -0.3 is 9.47 Å². The van der Waals surface area contributed by atoms with Crippen LogP contribution in [0, 0.1) is 0 Å². The van der Waals surface area contributed by atoms with Crippen molar-refractivity contribution in [1.29, 1.82) is 0 Å². The van der Waals surface area contributed by atoms with E-state index in [4.69, 9.17) is 21.1 Å². The van der Waals surface area contributed by atoms with Gasteiger partial charge in [-0.1, -0.05) is 11.6 Å². The number of nitrogens with one attached hydrogen (secondary N) is 1. The summed E-state index contributed by atoms with van der Waals surface area (Å²) < 4.78 is 9.97. The van der Waals surface area contributed by atoms with Gasteiger partial charge in [-0.15, -0.1) is 0 Å². The molecule has 0 aliphatic heterocycles. The molecule has 1 aromatic carbocycles. The second-order valence-corrected chi connectivity index (χ2v) is 5.45. The second kappa shape index (κ2) is 6.61. The van der Waals surface area contributed by atoms with E-state index in [0.717, 1.165) is 0 Å². The number of anilines is 1. The number of halogens is 1. The number of carbonyl (C=O) groups is 2. The molecule has 0 fully saturated rings. The Labute approximate surface area is 123 Å². The topological polar surface area (TPSA) is 64.6 Å². The van der Waals surface area contributed by atoms with Crippen molar-refractivity contribution in [3.8, 4) is 0 Å². The SMILES string of the molecule is CCOC(=O)c1ccc(NC(=O)OC(C)(C)C)c(Cl)c1. The van der Waals surface area contributed by atoms with Gasteiger partial charge in [-0.25, -0.2) is 9.59 Å². The number of rotatable bonds is 3. The molecule has 1 aromatic rings. The van der Waals surface area contributed by atoms with Crippen LogP contribution in [0.1, 0.15) is 38.1 Å². The van der Waals surface area contributed by atoms with Crippen molar-refractivity contribution in [2.75, 3.05) is 11.9 Å². The smallest absolute Gasteiger partial charge is 0.412 e. The Kier molecular flexibility index (Phi) is 5.39.